The van der Waals surface area contributed by atoms with Crippen LogP contribution in [-0.4, -0.2) is 36.1 Å². The highest BCUT2D eigenvalue weighted by atomic mass is 15.3. The zero-order chi connectivity index (χ0) is 11.4. The summed E-state index contributed by atoms with van der Waals surface area (Å²) in [5, 5.41) is 3.56. The van der Waals surface area contributed by atoms with E-state index in [9.17, 15) is 0 Å². The third-order valence-electron chi connectivity index (χ3n) is 5.09. The fourth-order valence-electron chi connectivity index (χ4n) is 3.40. The zero-order valence-corrected chi connectivity index (χ0v) is 11.1. The van der Waals surface area contributed by atoms with Gasteiger partial charge in [0, 0.05) is 31.2 Å². The zero-order valence-electron chi connectivity index (χ0n) is 11.1. The summed E-state index contributed by atoms with van der Waals surface area (Å²) in [4.78, 5) is 2.72. The third kappa shape index (κ3) is 1.53. The minimum absolute atomic E-state index is 0.484. The quantitative estimate of drug-likeness (QED) is 0.713. The minimum atomic E-state index is 0.484. The molecule has 2 fully saturated rings. The number of nitrogens with zero attached hydrogens (tertiary/aromatic N) is 1. The first-order chi connectivity index (χ1) is 6.78. The van der Waals surface area contributed by atoms with Crippen molar-refractivity contribution in [3.05, 3.63) is 0 Å². The molecule has 0 amide bonds. The Morgan fingerprint density at radius 2 is 1.60 bits per heavy atom. The van der Waals surface area contributed by atoms with E-state index in [1.165, 1.54) is 6.54 Å². The Labute approximate surface area is 94.4 Å². The van der Waals surface area contributed by atoms with E-state index in [0.717, 1.165) is 12.6 Å². The second kappa shape index (κ2) is 3.21. The predicted molar refractivity (Wildman–Crippen MR) is 65.0 cm³/mol. The van der Waals surface area contributed by atoms with Crippen LogP contribution in [0.5, 0.6) is 0 Å². The maximum absolute atomic E-state index is 3.56. The molecule has 0 bridgehead atoms. The molecule has 0 aromatic heterocycles. The molecule has 2 heteroatoms. The highest BCUT2D eigenvalue weighted by Gasteiger charge is 2.67. The van der Waals surface area contributed by atoms with Crippen LogP contribution in [0, 0.1) is 10.8 Å². The van der Waals surface area contributed by atoms with Gasteiger partial charge in [-0.2, -0.15) is 0 Å². The summed E-state index contributed by atoms with van der Waals surface area (Å²) in [6.45, 7) is 16.6. The van der Waals surface area contributed by atoms with Gasteiger partial charge in [0.2, 0.25) is 0 Å². The van der Waals surface area contributed by atoms with E-state index in [1.54, 1.807) is 0 Å². The molecule has 1 N–H and O–H groups in total. The Balaban J connectivity index is 2.11. The van der Waals surface area contributed by atoms with Gasteiger partial charge in [-0.25, -0.2) is 0 Å². The first kappa shape index (κ1) is 11.4. The molecule has 15 heavy (non-hydrogen) atoms. The number of rotatable bonds is 1. The largest absolute Gasteiger partial charge is 0.311 e. The lowest BCUT2D eigenvalue weighted by Gasteiger charge is -2.39. The topological polar surface area (TPSA) is 15.3 Å². The molecule has 0 aromatic carbocycles. The standard InChI is InChI=1S/C13H26N2/c1-9-8-15(10(2)7-14-9)11-12(3,4)13(11,5)6/h9-11,14H,7-8H2,1-6H3. The van der Waals surface area contributed by atoms with Gasteiger partial charge in [-0.05, 0) is 24.7 Å². The maximum Gasteiger partial charge on any atom is 0.0213 e. The average molecular weight is 210 g/mol. The Kier molecular flexibility index (Phi) is 2.44. The Bertz CT molecular complexity index is 243. The van der Waals surface area contributed by atoms with Crippen molar-refractivity contribution in [3.8, 4) is 0 Å². The maximum atomic E-state index is 3.56. The molecule has 2 aliphatic rings. The van der Waals surface area contributed by atoms with E-state index in [0.29, 0.717) is 22.9 Å². The van der Waals surface area contributed by atoms with Crippen LogP contribution in [0.15, 0.2) is 0 Å². The molecule has 1 aliphatic heterocycles. The number of piperazine rings is 1. The van der Waals surface area contributed by atoms with E-state index in [4.69, 9.17) is 0 Å². The highest BCUT2D eigenvalue weighted by molar-refractivity contribution is 5.19. The summed E-state index contributed by atoms with van der Waals surface area (Å²) in [5.74, 6) is 0. The monoisotopic (exact) mass is 210 g/mol. The van der Waals surface area contributed by atoms with Crippen molar-refractivity contribution in [2.45, 2.75) is 59.7 Å². The van der Waals surface area contributed by atoms with Crippen LogP contribution >= 0.6 is 0 Å². The second-order valence-corrected chi connectivity index (χ2v) is 6.70. The highest BCUT2D eigenvalue weighted by Crippen LogP contribution is 2.65. The molecular formula is C13H26N2. The molecule has 88 valence electrons. The molecule has 0 aromatic rings. The summed E-state index contributed by atoms with van der Waals surface area (Å²) in [5.41, 5.74) is 0.969. The fourth-order valence-corrected chi connectivity index (χ4v) is 3.40. The summed E-state index contributed by atoms with van der Waals surface area (Å²) >= 11 is 0. The third-order valence-corrected chi connectivity index (χ3v) is 5.09. The van der Waals surface area contributed by atoms with Crippen molar-refractivity contribution in [1.29, 1.82) is 0 Å². The molecule has 1 saturated heterocycles. The van der Waals surface area contributed by atoms with Crippen molar-refractivity contribution >= 4 is 0 Å². The van der Waals surface area contributed by atoms with Crippen molar-refractivity contribution < 1.29 is 0 Å². The van der Waals surface area contributed by atoms with Crippen LogP contribution in [0.2, 0.25) is 0 Å². The van der Waals surface area contributed by atoms with E-state index < -0.39 is 0 Å². The van der Waals surface area contributed by atoms with Gasteiger partial charge < -0.3 is 5.32 Å². The minimum Gasteiger partial charge on any atom is -0.311 e. The van der Waals surface area contributed by atoms with Gasteiger partial charge in [-0.3, -0.25) is 4.90 Å². The molecule has 1 aliphatic carbocycles. The smallest absolute Gasteiger partial charge is 0.0213 e. The van der Waals surface area contributed by atoms with Gasteiger partial charge in [0.05, 0.1) is 0 Å². The van der Waals surface area contributed by atoms with Crippen LogP contribution in [0.25, 0.3) is 0 Å². The summed E-state index contributed by atoms with van der Waals surface area (Å²) in [7, 11) is 0. The van der Waals surface area contributed by atoms with Gasteiger partial charge >= 0.3 is 0 Å². The van der Waals surface area contributed by atoms with Crippen LogP contribution in [0.1, 0.15) is 41.5 Å². The SMILES string of the molecule is CC1CN(C2C(C)(C)C2(C)C)C(C)CN1. The molecule has 2 unspecified atom stereocenters. The Morgan fingerprint density at radius 3 is 2.07 bits per heavy atom. The van der Waals surface area contributed by atoms with Gasteiger partial charge in [0.25, 0.3) is 0 Å². The van der Waals surface area contributed by atoms with Gasteiger partial charge in [-0.1, -0.05) is 27.7 Å². The van der Waals surface area contributed by atoms with Crippen LogP contribution in [0.3, 0.4) is 0 Å². The molecule has 1 saturated carbocycles. The number of hydrogen-bond donors (Lipinski definition) is 1. The van der Waals surface area contributed by atoms with E-state index >= 15 is 0 Å². The van der Waals surface area contributed by atoms with Gasteiger partial charge in [-0.15, -0.1) is 0 Å². The Hall–Kier alpha value is -0.0800. The average Bonchev–Trinajstić information content (AvgIpc) is 2.49. The first-order valence-corrected chi connectivity index (χ1v) is 6.27. The Morgan fingerprint density at radius 1 is 1.07 bits per heavy atom. The molecule has 2 nitrogen and oxygen atoms in total. The second-order valence-electron chi connectivity index (χ2n) is 6.70. The number of nitrogens with one attached hydrogen (secondary N) is 1. The lowest BCUT2D eigenvalue weighted by molar-refractivity contribution is 0.115. The van der Waals surface area contributed by atoms with Crippen LogP contribution in [0.4, 0.5) is 0 Å². The first-order valence-electron chi connectivity index (χ1n) is 6.27. The lowest BCUT2D eigenvalue weighted by atomic mass is 10.0. The van der Waals surface area contributed by atoms with Crippen molar-refractivity contribution in [2.24, 2.45) is 10.8 Å². The van der Waals surface area contributed by atoms with Crippen molar-refractivity contribution in [2.75, 3.05) is 13.1 Å². The molecule has 0 radical (unpaired) electrons. The van der Waals surface area contributed by atoms with Crippen molar-refractivity contribution in [3.63, 3.8) is 0 Å². The van der Waals surface area contributed by atoms with Gasteiger partial charge in [0.1, 0.15) is 0 Å². The lowest BCUT2D eigenvalue weighted by Crippen LogP contribution is -2.56. The van der Waals surface area contributed by atoms with Crippen molar-refractivity contribution in [1.82, 2.24) is 10.2 Å². The predicted octanol–water partition coefficient (Wildman–Crippen LogP) is 2.10. The van der Waals surface area contributed by atoms with Gasteiger partial charge in [0.15, 0.2) is 0 Å². The summed E-state index contributed by atoms with van der Waals surface area (Å²) < 4.78 is 0. The van der Waals surface area contributed by atoms with Crippen LogP contribution < -0.4 is 5.32 Å². The molecule has 2 rings (SSSR count). The molecule has 2 atom stereocenters. The normalized spacial score (nSPS) is 40.4. The van der Waals surface area contributed by atoms with Crippen LogP contribution in [-0.2, 0) is 0 Å². The fraction of sp³-hybridized carbons (Fsp3) is 1.00. The number of hydrogen-bond acceptors (Lipinski definition) is 2. The summed E-state index contributed by atoms with van der Waals surface area (Å²) in [6, 6.07) is 2.10. The molecule has 1 heterocycles. The molecular weight excluding hydrogens is 184 g/mol. The molecule has 0 spiro atoms. The summed E-state index contributed by atoms with van der Waals surface area (Å²) in [6.07, 6.45) is 0. The van der Waals surface area contributed by atoms with E-state index in [2.05, 4.69) is 51.8 Å². The van der Waals surface area contributed by atoms with E-state index in [-0.39, 0.29) is 0 Å². The van der Waals surface area contributed by atoms with E-state index in [1.807, 2.05) is 0 Å².